The first-order valence-corrected chi connectivity index (χ1v) is 13.4. The number of nitrogens with zero attached hydrogens (tertiary/aromatic N) is 1. The van der Waals surface area contributed by atoms with Crippen LogP contribution in [0.25, 0.3) is 6.08 Å². The second kappa shape index (κ2) is 11.9. The van der Waals surface area contributed by atoms with Gasteiger partial charge < -0.3 is 9.47 Å². The van der Waals surface area contributed by atoms with Crippen LogP contribution in [0.1, 0.15) is 23.6 Å². The van der Waals surface area contributed by atoms with Crippen LogP contribution < -0.4 is 9.47 Å². The molecule has 1 saturated heterocycles. The molecular formula is C26H19Cl2FINO4S. The molecule has 1 aliphatic rings. The Balaban J connectivity index is 1.56. The van der Waals surface area contributed by atoms with Crippen molar-refractivity contribution in [1.29, 1.82) is 0 Å². The Morgan fingerprint density at radius 2 is 1.75 bits per heavy atom. The minimum Gasteiger partial charge on any atom is -0.490 e. The van der Waals surface area contributed by atoms with E-state index in [2.05, 4.69) is 22.6 Å². The fourth-order valence-electron chi connectivity index (χ4n) is 3.44. The summed E-state index contributed by atoms with van der Waals surface area (Å²) >= 11 is 15.4. The lowest BCUT2D eigenvalue weighted by molar-refractivity contribution is -0.123. The first kappa shape index (κ1) is 26.8. The highest BCUT2D eigenvalue weighted by atomic mass is 127. The molecule has 3 aromatic rings. The molecule has 2 amide bonds. The quantitative estimate of drug-likeness (QED) is 0.182. The van der Waals surface area contributed by atoms with Crippen LogP contribution in [-0.4, -0.2) is 22.7 Å². The molecule has 186 valence electrons. The third kappa shape index (κ3) is 6.16. The van der Waals surface area contributed by atoms with Gasteiger partial charge in [0.1, 0.15) is 12.4 Å². The number of carbonyl (C=O) groups excluding carboxylic acids is 2. The Labute approximate surface area is 235 Å². The van der Waals surface area contributed by atoms with Crippen LogP contribution in [0.5, 0.6) is 11.5 Å². The van der Waals surface area contributed by atoms with Gasteiger partial charge >= 0.3 is 0 Å². The van der Waals surface area contributed by atoms with E-state index in [1.54, 1.807) is 42.5 Å². The van der Waals surface area contributed by atoms with Gasteiger partial charge in [-0.25, -0.2) is 4.39 Å². The smallest absolute Gasteiger partial charge is 0.293 e. The van der Waals surface area contributed by atoms with E-state index in [-0.39, 0.29) is 23.9 Å². The van der Waals surface area contributed by atoms with Crippen LogP contribution in [0.3, 0.4) is 0 Å². The summed E-state index contributed by atoms with van der Waals surface area (Å²) < 4.78 is 25.7. The summed E-state index contributed by atoms with van der Waals surface area (Å²) in [5.74, 6) is 0.304. The molecule has 0 radical (unpaired) electrons. The lowest BCUT2D eigenvalue weighted by atomic mass is 10.1. The predicted octanol–water partition coefficient (Wildman–Crippen LogP) is 7.95. The van der Waals surface area contributed by atoms with Crippen LogP contribution in [0.4, 0.5) is 9.18 Å². The highest BCUT2D eigenvalue weighted by Crippen LogP contribution is 2.39. The predicted molar refractivity (Wildman–Crippen MR) is 149 cm³/mol. The Morgan fingerprint density at radius 3 is 2.42 bits per heavy atom. The molecule has 5 nitrogen and oxygen atoms in total. The highest BCUT2D eigenvalue weighted by Gasteiger charge is 2.35. The molecule has 36 heavy (non-hydrogen) atoms. The third-order valence-corrected chi connectivity index (χ3v) is 7.59. The number of halogens is 4. The SMILES string of the molecule is CCOc1cc(/C=C2\SC(=O)N(Cc3c(Cl)cccc3Cl)C2=O)cc(I)c1OCc1ccc(F)cc1. The summed E-state index contributed by atoms with van der Waals surface area (Å²) in [6.45, 7) is 2.48. The van der Waals surface area contributed by atoms with Crippen molar-refractivity contribution in [1.82, 2.24) is 4.90 Å². The summed E-state index contributed by atoms with van der Waals surface area (Å²) in [4.78, 5) is 27.1. The Kier molecular flexibility index (Phi) is 8.82. The molecule has 3 aromatic carbocycles. The zero-order valence-corrected chi connectivity index (χ0v) is 23.4. The van der Waals surface area contributed by atoms with Gasteiger partial charge in [0.05, 0.1) is 21.6 Å². The zero-order chi connectivity index (χ0) is 25.8. The topological polar surface area (TPSA) is 55.8 Å². The van der Waals surface area contributed by atoms with Crippen LogP contribution in [0.2, 0.25) is 10.0 Å². The molecule has 0 atom stereocenters. The van der Waals surface area contributed by atoms with Gasteiger partial charge in [0.25, 0.3) is 11.1 Å². The van der Waals surface area contributed by atoms with E-state index in [1.807, 2.05) is 13.0 Å². The van der Waals surface area contributed by atoms with Gasteiger partial charge in [0.15, 0.2) is 11.5 Å². The summed E-state index contributed by atoms with van der Waals surface area (Å²) in [6, 6.07) is 14.7. The minimum atomic E-state index is -0.425. The Hall–Kier alpha value is -2.27. The average molecular weight is 658 g/mol. The van der Waals surface area contributed by atoms with Crippen molar-refractivity contribution in [2.75, 3.05) is 6.61 Å². The molecule has 1 heterocycles. The molecular weight excluding hydrogens is 639 g/mol. The number of carbonyl (C=O) groups is 2. The summed E-state index contributed by atoms with van der Waals surface area (Å²) in [7, 11) is 0. The van der Waals surface area contributed by atoms with Gasteiger partial charge in [-0.2, -0.15) is 0 Å². The standard InChI is InChI=1S/C26H19Cl2FINO4S/c1-2-34-22-11-16(10-21(30)24(22)35-14-15-6-8-17(29)9-7-15)12-23-25(32)31(26(33)36-23)13-18-19(27)4-3-5-20(18)28/h3-12H,2,13-14H2,1H3/b23-12-. The first-order chi connectivity index (χ1) is 17.3. The second-order valence-corrected chi connectivity index (χ2v) is 10.6. The van der Waals surface area contributed by atoms with Crippen molar-refractivity contribution in [3.63, 3.8) is 0 Å². The van der Waals surface area contributed by atoms with Crippen molar-refractivity contribution >= 4 is 74.8 Å². The van der Waals surface area contributed by atoms with Crippen molar-refractivity contribution in [2.24, 2.45) is 0 Å². The number of amides is 2. The molecule has 0 saturated carbocycles. The fraction of sp³-hybridized carbons (Fsp3) is 0.154. The van der Waals surface area contributed by atoms with Crippen molar-refractivity contribution in [3.05, 3.63) is 95.6 Å². The number of rotatable bonds is 8. The van der Waals surface area contributed by atoms with Gasteiger partial charge in [-0.1, -0.05) is 41.4 Å². The van der Waals surface area contributed by atoms with E-state index in [9.17, 15) is 14.0 Å². The first-order valence-electron chi connectivity index (χ1n) is 10.8. The maximum absolute atomic E-state index is 13.2. The fourth-order valence-corrected chi connectivity index (χ4v) is 5.58. The van der Waals surface area contributed by atoms with Crippen molar-refractivity contribution in [2.45, 2.75) is 20.1 Å². The van der Waals surface area contributed by atoms with Crippen molar-refractivity contribution in [3.8, 4) is 11.5 Å². The second-order valence-electron chi connectivity index (χ2n) is 7.65. The van der Waals surface area contributed by atoms with E-state index in [1.165, 1.54) is 12.1 Å². The summed E-state index contributed by atoms with van der Waals surface area (Å²) in [6.07, 6.45) is 1.65. The maximum atomic E-state index is 13.2. The molecule has 4 rings (SSSR count). The summed E-state index contributed by atoms with van der Waals surface area (Å²) in [5.41, 5.74) is 2.00. The van der Waals surface area contributed by atoms with Crippen LogP contribution >= 0.6 is 57.6 Å². The molecule has 0 aromatic heterocycles. The molecule has 1 aliphatic heterocycles. The van der Waals surface area contributed by atoms with Crippen LogP contribution in [-0.2, 0) is 17.9 Å². The van der Waals surface area contributed by atoms with Gasteiger partial charge in [0.2, 0.25) is 0 Å². The number of benzene rings is 3. The number of imide groups is 1. The number of hydrogen-bond donors (Lipinski definition) is 0. The third-order valence-electron chi connectivity index (χ3n) is 5.18. The average Bonchev–Trinajstić information content (AvgIpc) is 3.09. The van der Waals surface area contributed by atoms with E-state index >= 15 is 0 Å². The monoisotopic (exact) mass is 657 g/mol. The van der Waals surface area contributed by atoms with Crippen LogP contribution in [0.15, 0.2) is 59.5 Å². The molecule has 0 spiro atoms. The molecule has 0 bridgehead atoms. The molecule has 10 heteroatoms. The van der Waals surface area contributed by atoms with E-state index in [0.717, 1.165) is 25.8 Å². The minimum absolute atomic E-state index is 0.0155. The Morgan fingerprint density at radius 1 is 1.06 bits per heavy atom. The normalized spacial score (nSPS) is 14.6. The number of thioether (sulfide) groups is 1. The Bertz CT molecular complexity index is 1330. The lowest BCUT2D eigenvalue weighted by Gasteiger charge is -2.15. The molecule has 0 unspecified atom stereocenters. The lowest BCUT2D eigenvalue weighted by Crippen LogP contribution is -2.27. The van der Waals surface area contributed by atoms with Gasteiger partial charge in [-0.05, 0) is 94.9 Å². The maximum Gasteiger partial charge on any atom is 0.293 e. The summed E-state index contributed by atoms with van der Waals surface area (Å²) in [5, 5.41) is 0.372. The molecule has 1 fully saturated rings. The molecule has 0 N–H and O–H groups in total. The van der Waals surface area contributed by atoms with Crippen molar-refractivity contribution < 1.29 is 23.5 Å². The van der Waals surface area contributed by atoms with E-state index < -0.39 is 11.1 Å². The molecule has 0 aliphatic carbocycles. The van der Waals surface area contributed by atoms with Crippen LogP contribution in [0, 0.1) is 9.39 Å². The van der Waals surface area contributed by atoms with Gasteiger partial charge in [-0.15, -0.1) is 0 Å². The van der Waals surface area contributed by atoms with E-state index in [4.69, 9.17) is 32.7 Å². The van der Waals surface area contributed by atoms with Gasteiger partial charge in [-0.3, -0.25) is 14.5 Å². The van der Waals surface area contributed by atoms with Gasteiger partial charge in [0, 0.05) is 15.6 Å². The highest BCUT2D eigenvalue weighted by molar-refractivity contribution is 14.1. The number of ether oxygens (including phenoxy) is 2. The zero-order valence-electron chi connectivity index (χ0n) is 18.9. The number of hydrogen-bond acceptors (Lipinski definition) is 5. The van der Waals surface area contributed by atoms with E-state index in [0.29, 0.717) is 39.3 Å². The largest absolute Gasteiger partial charge is 0.490 e.